The van der Waals surface area contributed by atoms with Gasteiger partial charge < -0.3 is 4.74 Å². The van der Waals surface area contributed by atoms with Crippen molar-refractivity contribution in [3.05, 3.63) is 68.8 Å². The van der Waals surface area contributed by atoms with E-state index in [2.05, 4.69) is 77.2 Å². The summed E-state index contributed by atoms with van der Waals surface area (Å²) in [6.45, 7) is 0.687. The summed E-state index contributed by atoms with van der Waals surface area (Å²) in [4.78, 5) is 0. The second-order valence-electron chi connectivity index (χ2n) is 4.01. The maximum Gasteiger partial charge on any atom is 0.128 e. The molecule has 1 aliphatic rings. The molecule has 0 spiro atoms. The van der Waals surface area contributed by atoms with Crippen molar-refractivity contribution in [1.29, 1.82) is 0 Å². The van der Waals surface area contributed by atoms with E-state index in [-0.39, 0.29) is 0 Å². The van der Waals surface area contributed by atoms with Gasteiger partial charge in [0.15, 0.2) is 0 Å². The molecular weight excluding hydrogens is 323 g/mol. The van der Waals surface area contributed by atoms with Gasteiger partial charge in [-0.15, -0.1) is 0 Å². The Balaban J connectivity index is 1.99. The van der Waals surface area contributed by atoms with Gasteiger partial charge in [0.2, 0.25) is 0 Å². The quantitative estimate of drug-likeness (QED) is 0.706. The van der Waals surface area contributed by atoms with E-state index in [4.69, 9.17) is 4.74 Å². The standard InChI is InChI=1S/C15H11IO/c16-13-7-5-11(6-8-13)9-15-14-4-2-1-3-12(14)10-17-15/h1-9H,10H2/b15-9-. The molecule has 0 N–H and O–H groups in total. The Hall–Kier alpha value is -1.29. The minimum absolute atomic E-state index is 0.687. The lowest BCUT2D eigenvalue weighted by atomic mass is 10.1. The molecule has 1 aliphatic heterocycles. The first-order valence-corrected chi connectivity index (χ1v) is 6.59. The first kappa shape index (κ1) is 10.8. The molecule has 84 valence electrons. The van der Waals surface area contributed by atoms with Crippen molar-refractivity contribution >= 4 is 34.4 Å². The number of hydrogen-bond donors (Lipinski definition) is 0. The highest BCUT2D eigenvalue weighted by Gasteiger charge is 2.16. The molecule has 2 heteroatoms. The Bertz CT molecular complexity index is 570. The molecule has 0 bridgehead atoms. The molecule has 0 radical (unpaired) electrons. The number of benzene rings is 2. The number of ether oxygens (including phenoxy) is 1. The molecule has 0 saturated carbocycles. The third-order valence-electron chi connectivity index (χ3n) is 2.83. The van der Waals surface area contributed by atoms with Crippen LogP contribution in [0, 0.1) is 3.57 Å². The van der Waals surface area contributed by atoms with Gasteiger partial charge in [-0.2, -0.15) is 0 Å². The molecule has 3 rings (SSSR count). The lowest BCUT2D eigenvalue weighted by Gasteiger charge is -2.00. The number of halogens is 1. The zero-order valence-electron chi connectivity index (χ0n) is 9.19. The van der Waals surface area contributed by atoms with Crippen LogP contribution in [-0.2, 0) is 11.3 Å². The van der Waals surface area contributed by atoms with Gasteiger partial charge in [-0.25, -0.2) is 0 Å². The highest BCUT2D eigenvalue weighted by molar-refractivity contribution is 14.1. The second kappa shape index (κ2) is 4.53. The molecule has 0 aromatic heterocycles. The summed E-state index contributed by atoms with van der Waals surface area (Å²) in [5, 5.41) is 0. The van der Waals surface area contributed by atoms with Crippen molar-refractivity contribution < 1.29 is 4.74 Å². The summed E-state index contributed by atoms with van der Waals surface area (Å²) in [6.07, 6.45) is 2.10. The molecule has 1 nitrogen and oxygen atoms in total. The van der Waals surface area contributed by atoms with Gasteiger partial charge in [0.05, 0.1) is 0 Å². The van der Waals surface area contributed by atoms with Crippen molar-refractivity contribution in [2.24, 2.45) is 0 Å². The van der Waals surface area contributed by atoms with E-state index >= 15 is 0 Å². The zero-order valence-corrected chi connectivity index (χ0v) is 11.3. The normalized spacial score (nSPS) is 15.7. The molecule has 0 atom stereocenters. The Morgan fingerprint density at radius 1 is 1.00 bits per heavy atom. The van der Waals surface area contributed by atoms with Crippen LogP contribution in [-0.4, -0.2) is 0 Å². The molecule has 1 heterocycles. The van der Waals surface area contributed by atoms with Gasteiger partial charge >= 0.3 is 0 Å². The molecule has 0 amide bonds. The highest BCUT2D eigenvalue weighted by Crippen LogP contribution is 2.30. The third kappa shape index (κ3) is 2.22. The van der Waals surface area contributed by atoms with Crippen molar-refractivity contribution in [3.63, 3.8) is 0 Å². The molecule has 0 fully saturated rings. The molecule has 0 unspecified atom stereocenters. The van der Waals surface area contributed by atoms with E-state index in [9.17, 15) is 0 Å². The van der Waals surface area contributed by atoms with E-state index in [1.54, 1.807) is 0 Å². The predicted molar refractivity (Wildman–Crippen MR) is 78.3 cm³/mol. The summed E-state index contributed by atoms with van der Waals surface area (Å²) in [5.74, 6) is 0.974. The fourth-order valence-corrected chi connectivity index (χ4v) is 2.31. The monoisotopic (exact) mass is 334 g/mol. The molecule has 2 aromatic carbocycles. The molecule has 2 aromatic rings. The minimum Gasteiger partial charge on any atom is -0.488 e. The average Bonchev–Trinajstić information content (AvgIpc) is 2.76. The topological polar surface area (TPSA) is 9.23 Å². The fraction of sp³-hybridized carbons (Fsp3) is 0.0667. The molecule has 0 aliphatic carbocycles. The summed E-state index contributed by atoms with van der Waals surface area (Å²) < 4.78 is 6.96. The van der Waals surface area contributed by atoms with Crippen LogP contribution in [0.1, 0.15) is 16.7 Å². The third-order valence-corrected chi connectivity index (χ3v) is 3.55. The van der Waals surface area contributed by atoms with Crippen LogP contribution in [0.25, 0.3) is 11.8 Å². The number of hydrogen-bond acceptors (Lipinski definition) is 1. The van der Waals surface area contributed by atoms with Gasteiger partial charge in [0.1, 0.15) is 12.4 Å². The maximum absolute atomic E-state index is 5.72. The largest absolute Gasteiger partial charge is 0.488 e. The lowest BCUT2D eigenvalue weighted by Crippen LogP contribution is -1.80. The fourth-order valence-electron chi connectivity index (χ4n) is 1.95. The SMILES string of the molecule is Ic1ccc(/C=C2\OCc3ccccc32)cc1. The van der Waals surface area contributed by atoms with Crippen LogP contribution < -0.4 is 0 Å². The van der Waals surface area contributed by atoms with E-state index in [1.165, 1.54) is 20.3 Å². The minimum atomic E-state index is 0.687. The molecule has 0 saturated heterocycles. The summed E-state index contributed by atoms with van der Waals surface area (Å²) in [6, 6.07) is 16.8. The van der Waals surface area contributed by atoms with Gasteiger partial charge in [-0.05, 0) is 46.4 Å². The number of fused-ring (bicyclic) bond motifs is 1. The van der Waals surface area contributed by atoms with E-state index in [0.29, 0.717) is 6.61 Å². The molecular formula is C15H11IO. The number of rotatable bonds is 1. The van der Waals surface area contributed by atoms with Gasteiger partial charge in [0, 0.05) is 14.7 Å². The summed E-state index contributed by atoms with van der Waals surface area (Å²) in [7, 11) is 0. The van der Waals surface area contributed by atoms with E-state index in [0.717, 1.165) is 5.76 Å². The zero-order chi connectivity index (χ0) is 11.7. The van der Waals surface area contributed by atoms with Crippen molar-refractivity contribution in [1.82, 2.24) is 0 Å². The van der Waals surface area contributed by atoms with E-state index in [1.807, 2.05) is 0 Å². The van der Waals surface area contributed by atoms with E-state index < -0.39 is 0 Å². The Labute approximate surface area is 114 Å². The van der Waals surface area contributed by atoms with Crippen LogP contribution in [0.15, 0.2) is 48.5 Å². The first-order valence-electron chi connectivity index (χ1n) is 5.51. The van der Waals surface area contributed by atoms with Crippen LogP contribution in [0.4, 0.5) is 0 Å². The Morgan fingerprint density at radius 3 is 2.59 bits per heavy atom. The smallest absolute Gasteiger partial charge is 0.128 e. The van der Waals surface area contributed by atoms with Crippen molar-refractivity contribution in [2.45, 2.75) is 6.61 Å². The van der Waals surface area contributed by atoms with Crippen molar-refractivity contribution in [2.75, 3.05) is 0 Å². The first-order chi connectivity index (χ1) is 8.33. The second-order valence-corrected chi connectivity index (χ2v) is 5.25. The van der Waals surface area contributed by atoms with Gasteiger partial charge in [0.25, 0.3) is 0 Å². The molecule has 17 heavy (non-hydrogen) atoms. The Morgan fingerprint density at radius 2 is 1.76 bits per heavy atom. The lowest BCUT2D eigenvalue weighted by molar-refractivity contribution is 0.287. The Kier molecular flexibility index (Phi) is 2.89. The van der Waals surface area contributed by atoms with Crippen molar-refractivity contribution in [3.8, 4) is 0 Å². The summed E-state index contributed by atoms with van der Waals surface area (Å²) in [5.41, 5.74) is 3.66. The average molecular weight is 334 g/mol. The van der Waals surface area contributed by atoms with Gasteiger partial charge in [-0.1, -0.05) is 36.4 Å². The maximum atomic E-state index is 5.72. The van der Waals surface area contributed by atoms with Crippen LogP contribution in [0.3, 0.4) is 0 Å². The van der Waals surface area contributed by atoms with Crippen LogP contribution in [0.5, 0.6) is 0 Å². The summed E-state index contributed by atoms with van der Waals surface area (Å²) >= 11 is 2.31. The predicted octanol–water partition coefficient (Wildman–Crippen LogP) is 4.32. The van der Waals surface area contributed by atoms with Crippen LogP contribution in [0.2, 0.25) is 0 Å². The van der Waals surface area contributed by atoms with Gasteiger partial charge in [-0.3, -0.25) is 0 Å². The van der Waals surface area contributed by atoms with Crippen LogP contribution >= 0.6 is 22.6 Å². The highest BCUT2D eigenvalue weighted by atomic mass is 127.